The van der Waals surface area contributed by atoms with Gasteiger partial charge in [0.15, 0.2) is 0 Å². The summed E-state index contributed by atoms with van der Waals surface area (Å²) in [4.78, 5) is 21.2. The highest BCUT2D eigenvalue weighted by atomic mass is 19.4. The highest BCUT2D eigenvalue weighted by molar-refractivity contribution is 6.48. The number of amides is 1. The zero-order valence-electron chi connectivity index (χ0n) is 25.3. The maximum Gasteiger partial charge on any atom is 0.405 e. The van der Waals surface area contributed by atoms with Crippen molar-refractivity contribution in [2.24, 2.45) is 27.4 Å². The number of benzene rings is 1. The molecule has 8 nitrogen and oxygen atoms in total. The normalized spacial score (nSPS) is 14.8. The summed E-state index contributed by atoms with van der Waals surface area (Å²) in [6.07, 6.45) is 3.45. The molecule has 2 rings (SSSR count). The first-order chi connectivity index (χ1) is 19.2. The average molecular weight is 576 g/mol. The van der Waals surface area contributed by atoms with Gasteiger partial charge in [0.2, 0.25) is 5.91 Å². The van der Waals surface area contributed by atoms with Crippen molar-refractivity contribution in [3.63, 3.8) is 0 Å². The zero-order chi connectivity index (χ0) is 31.3. The van der Waals surface area contributed by atoms with E-state index in [4.69, 9.17) is 16.5 Å². The molecule has 0 fully saturated rings. The van der Waals surface area contributed by atoms with E-state index in [9.17, 15) is 18.0 Å². The smallest absolute Gasteiger partial charge is 0.400 e. The summed E-state index contributed by atoms with van der Waals surface area (Å²) < 4.78 is 39.4. The van der Waals surface area contributed by atoms with E-state index in [1.807, 2.05) is 26.0 Å². The predicted octanol–water partition coefficient (Wildman–Crippen LogP) is 6.70. The van der Waals surface area contributed by atoms with Gasteiger partial charge >= 0.3 is 6.18 Å². The Labute approximate surface area is 241 Å². The Balaban J connectivity index is 0.00000196. The van der Waals surface area contributed by atoms with Gasteiger partial charge in [-0.25, -0.2) is 4.99 Å². The minimum atomic E-state index is -4.43. The number of primary amides is 1. The van der Waals surface area contributed by atoms with E-state index in [1.54, 1.807) is 40.0 Å². The number of aromatic nitrogens is 2. The van der Waals surface area contributed by atoms with E-state index in [0.717, 1.165) is 11.1 Å². The molecule has 1 atom stereocenters. The Bertz CT molecular complexity index is 1330. The number of unbranched alkanes of at least 4 members (excludes halogenated alkanes) is 1. The van der Waals surface area contributed by atoms with Crippen LogP contribution in [0.15, 0.2) is 57.6 Å². The number of alkyl halides is 3. The van der Waals surface area contributed by atoms with Crippen molar-refractivity contribution in [2.75, 3.05) is 6.54 Å². The largest absolute Gasteiger partial charge is 0.405 e. The summed E-state index contributed by atoms with van der Waals surface area (Å²) >= 11 is 0. The van der Waals surface area contributed by atoms with Gasteiger partial charge in [-0.05, 0) is 58.2 Å². The van der Waals surface area contributed by atoms with Crippen LogP contribution in [0.3, 0.4) is 0 Å². The standard InChI is InChI=1S/C26H34F3N7O.C4H10/c1-7-11-32-23(22(14(3)8-2)33-13-26(27,28)29)17(6)35-24(21(30)16(5)25(31)37)20-15(4)9-10-19-18(20)12-34-36-19;1-3-4-2/h7,9-12,16,33H,8,13,30H2,1-6H3,(H2,31,37)(H,34,36);3-4H2,1-2H3/b11-7-,22-14-,24-21+,32-23+,35-17?;. The molecule has 0 bridgehead atoms. The Morgan fingerprint density at radius 3 is 2.32 bits per heavy atom. The number of carbonyl (C=O) groups is 1. The first kappa shape index (κ1) is 35.1. The van der Waals surface area contributed by atoms with Crippen LogP contribution in [0.2, 0.25) is 0 Å². The van der Waals surface area contributed by atoms with Crippen molar-refractivity contribution in [3.05, 3.63) is 58.7 Å². The van der Waals surface area contributed by atoms with Crippen LogP contribution in [0.25, 0.3) is 16.6 Å². The van der Waals surface area contributed by atoms with Crippen LogP contribution in [-0.2, 0) is 4.79 Å². The van der Waals surface area contributed by atoms with Gasteiger partial charge in [0.25, 0.3) is 0 Å². The van der Waals surface area contributed by atoms with Gasteiger partial charge in [0.1, 0.15) is 12.3 Å². The maximum absolute atomic E-state index is 13.1. The summed E-state index contributed by atoms with van der Waals surface area (Å²) in [5.41, 5.74) is 16.0. The number of fused-ring (bicyclic) bond motifs is 1. The first-order valence-electron chi connectivity index (χ1n) is 13.7. The maximum atomic E-state index is 13.1. The third kappa shape index (κ3) is 10.2. The number of carbonyl (C=O) groups excluding carboxylic acids is 1. The molecule has 0 aliphatic rings. The third-order valence-corrected chi connectivity index (χ3v) is 6.37. The Hall–Kier alpha value is -3.89. The Kier molecular flexibility index (Phi) is 14.0. The molecule has 0 aliphatic heterocycles. The number of aliphatic imine (C=N–C) groups is 2. The Morgan fingerprint density at radius 2 is 1.80 bits per heavy atom. The second kappa shape index (κ2) is 16.4. The lowest BCUT2D eigenvalue weighted by molar-refractivity contribution is -0.123. The average Bonchev–Trinajstić information content (AvgIpc) is 3.40. The summed E-state index contributed by atoms with van der Waals surface area (Å²) in [6, 6.07) is 3.71. The molecule has 1 heterocycles. The predicted molar refractivity (Wildman–Crippen MR) is 163 cm³/mol. The van der Waals surface area contributed by atoms with Crippen LogP contribution in [-0.4, -0.2) is 40.2 Å². The minimum Gasteiger partial charge on any atom is -0.400 e. The fourth-order valence-corrected chi connectivity index (χ4v) is 3.57. The van der Waals surface area contributed by atoms with Crippen LogP contribution in [0.4, 0.5) is 13.2 Å². The fourth-order valence-electron chi connectivity index (χ4n) is 3.57. The summed E-state index contributed by atoms with van der Waals surface area (Å²) in [6.45, 7) is 13.5. The molecule has 41 heavy (non-hydrogen) atoms. The number of aromatic amines is 1. The van der Waals surface area contributed by atoms with Crippen LogP contribution >= 0.6 is 0 Å². The van der Waals surface area contributed by atoms with Gasteiger partial charge in [-0.2, -0.15) is 18.3 Å². The van der Waals surface area contributed by atoms with E-state index in [-0.39, 0.29) is 22.8 Å². The van der Waals surface area contributed by atoms with Crippen molar-refractivity contribution in [3.8, 4) is 0 Å². The van der Waals surface area contributed by atoms with Crippen LogP contribution in [0, 0.1) is 12.8 Å². The van der Waals surface area contributed by atoms with E-state index in [0.29, 0.717) is 28.7 Å². The number of aryl methyl sites for hydroxylation is 1. The molecule has 0 saturated carbocycles. The molecule has 2 aromatic rings. The zero-order valence-corrected chi connectivity index (χ0v) is 25.3. The van der Waals surface area contributed by atoms with Crippen LogP contribution < -0.4 is 16.8 Å². The summed E-state index contributed by atoms with van der Waals surface area (Å²) in [7, 11) is 0. The number of hydrogen-bond acceptors (Lipinski definition) is 6. The molecule has 0 radical (unpaired) electrons. The van der Waals surface area contributed by atoms with Gasteiger partial charge in [0.05, 0.1) is 34.7 Å². The molecule has 6 N–H and O–H groups in total. The van der Waals surface area contributed by atoms with E-state index < -0.39 is 24.5 Å². The SMILES string of the molecule is CCCC.C\C=C/N=C(C(C)=N/C(=C(/N)C(C)C(N)=O)c1c(C)ccc2[nH]ncc12)/C(NCC(F)(F)F)=C(\C)CC. The van der Waals surface area contributed by atoms with Crippen LogP contribution in [0.5, 0.6) is 0 Å². The number of nitrogens with two attached hydrogens (primary N) is 2. The second-order valence-electron chi connectivity index (χ2n) is 9.65. The number of halogens is 3. The van der Waals surface area contributed by atoms with Crippen molar-refractivity contribution in [1.29, 1.82) is 0 Å². The lowest BCUT2D eigenvalue weighted by atomic mass is 9.96. The Morgan fingerprint density at radius 1 is 1.17 bits per heavy atom. The van der Waals surface area contributed by atoms with Gasteiger partial charge in [0, 0.05) is 22.8 Å². The molecular weight excluding hydrogens is 531 g/mol. The lowest BCUT2D eigenvalue weighted by Crippen LogP contribution is -2.34. The number of hydrogen-bond donors (Lipinski definition) is 4. The number of nitrogens with one attached hydrogen (secondary N) is 2. The number of nitrogens with zero attached hydrogens (tertiary/aromatic N) is 3. The van der Waals surface area contributed by atoms with Gasteiger partial charge < -0.3 is 16.8 Å². The highest BCUT2D eigenvalue weighted by Crippen LogP contribution is 2.32. The van der Waals surface area contributed by atoms with Crippen molar-refractivity contribution in [2.45, 2.75) is 80.8 Å². The van der Waals surface area contributed by atoms with E-state index in [1.165, 1.54) is 19.0 Å². The molecule has 0 spiro atoms. The quantitative estimate of drug-likeness (QED) is 0.222. The third-order valence-electron chi connectivity index (χ3n) is 6.37. The topological polar surface area (TPSA) is 135 Å². The number of allylic oxidation sites excluding steroid dienone is 3. The number of H-pyrrole nitrogens is 1. The highest BCUT2D eigenvalue weighted by Gasteiger charge is 2.29. The van der Waals surface area contributed by atoms with E-state index in [2.05, 4.69) is 34.4 Å². The fraction of sp³-hybridized carbons (Fsp3) is 0.467. The first-order valence-corrected chi connectivity index (χ1v) is 13.7. The molecule has 0 aliphatic carbocycles. The molecule has 226 valence electrons. The van der Waals surface area contributed by atoms with Crippen molar-refractivity contribution >= 4 is 33.9 Å². The summed E-state index contributed by atoms with van der Waals surface area (Å²) in [5.74, 6) is -1.50. The molecule has 0 saturated heterocycles. The lowest BCUT2D eigenvalue weighted by Gasteiger charge is -2.20. The second-order valence-corrected chi connectivity index (χ2v) is 9.65. The molecule has 1 aromatic carbocycles. The minimum absolute atomic E-state index is 0.120. The monoisotopic (exact) mass is 575 g/mol. The molecule has 11 heteroatoms. The van der Waals surface area contributed by atoms with Crippen molar-refractivity contribution in [1.82, 2.24) is 15.5 Å². The van der Waals surface area contributed by atoms with Gasteiger partial charge in [-0.15, -0.1) is 0 Å². The molecule has 1 amide bonds. The molecule has 1 unspecified atom stereocenters. The number of rotatable bonds is 11. The van der Waals surface area contributed by atoms with Crippen molar-refractivity contribution < 1.29 is 18.0 Å². The van der Waals surface area contributed by atoms with Gasteiger partial charge in [-0.3, -0.25) is 14.9 Å². The molecule has 1 aromatic heterocycles. The molecular formula is C30H44F3N7O. The summed E-state index contributed by atoms with van der Waals surface area (Å²) in [5, 5.41) is 10.2. The van der Waals surface area contributed by atoms with E-state index >= 15 is 0 Å². The van der Waals surface area contributed by atoms with Gasteiger partial charge in [-0.1, -0.05) is 45.8 Å². The van der Waals surface area contributed by atoms with Crippen LogP contribution in [0.1, 0.15) is 78.9 Å².